The van der Waals surface area contributed by atoms with Crippen LogP contribution < -0.4 is 9.64 Å². The minimum absolute atomic E-state index is 0.107. The summed E-state index contributed by atoms with van der Waals surface area (Å²) in [6, 6.07) is 17.8. The number of hydrogen-bond acceptors (Lipinski definition) is 4. The Kier molecular flexibility index (Phi) is 5.48. The summed E-state index contributed by atoms with van der Waals surface area (Å²) in [5.41, 5.74) is 0.960. The van der Waals surface area contributed by atoms with Crippen LogP contribution in [0.1, 0.15) is 17.2 Å². The summed E-state index contributed by atoms with van der Waals surface area (Å²) in [5.74, 6) is -2.34. The molecule has 31 heavy (non-hydrogen) atoms. The van der Waals surface area contributed by atoms with Crippen LogP contribution in [0.4, 0.5) is 10.1 Å². The van der Waals surface area contributed by atoms with E-state index in [9.17, 15) is 19.1 Å². The quantitative estimate of drug-likeness (QED) is 0.350. The number of carbonyl (C=O) groups is 2. The van der Waals surface area contributed by atoms with Crippen LogP contribution >= 0.6 is 11.6 Å². The van der Waals surface area contributed by atoms with E-state index in [0.717, 1.165) is 0 Å². The molecule has 1 unspecified atom stereocenters. The molecule has 0 aliphatic carbocycles. The summed E-state index contributed by atoms with van der Waals surface area (Å²) >= 11 is 6.07. The molecule has 156 valence electrons. The number of ether oxygens (including phenoxy) is 1. The number of hydrogen-bond donors (Lipinski definition) is 1. The summed E-state index contributed by atoms with van der Waals surface area (Å²) in [7, 11) is 1.43. The van der Waals surface area contributed by atoms with E-state index in [4.69, 9.17) is 16.3 Å². The van der Waals surface area contributed by atoms with Crippen LogP contribution in [-0.2, 0) is 9.59 Å². The molecular weight excluding hydrogens is 421 g/mol. The van der Waals surface area contributed by atoms with Crippen molar-refractivity contribution in [1.82, 2.24) is 0 Å². The van der Waals surface area contributed by atoms with Gasteiger partial charge in [-0.2, -0.15) is 0 Å². The van der Waals surface area contributed by atoms with Gasteiger partial charge in [-0.25, -0.2) is 4.39 Å². The number of amides is 1. The van der Waals surface area contributed by atoms with Crippen molar-refractivity contribution < 1.29 is 23.8 Å². The lowest BCUT2D eigenvalue weighted by Gasteiger charge is -2.25. The SMILES string of the molecule is COc1cc(/C(O)=C2\C(=O)C(=O)N(c3cccc(F)c3)C2c2ccccc2)ccc1Cl. The first kappa shape index (κ1) is 20.6. The molecule has 0 aromatic heterocycles. The van der Waals surface area contributed by atoms with Gasteiger partial charge in [-0.05, 0) is 42.0 Å². The first-order valence-electron chi connectivity index (χ1n) is 9.38. The van der Waals surface area contributed by atoms with Gasteiger partial charge in [0, 0.05) is 11.3 Å². The lowest BCUT2D eigenvalue weighted by atomic mass is 9.95. The van der Waals surface area contributed by atoms with Gasteiger partial charge in [-0.15, -0.1) is 0 Å². The Bertz CT molecular complexity index is 1210. The Hall–Kier alpha value is -3.64. The average molecular weight is 438 g/mol. The van der Waals surface area contributed by atoms with Crippen molar-refractivity contribution in [2.45, 2.75) is 6.04 Å². The Morgan fingerprint density at radius 1 is 1.03 bits per heavy atom. The number of benzene rings is 3. The maximum absolute atomic E-state index is 13.9. The van der Waals surface area contributed by atoms with Crippen molar-refractivity contribution in [2.24, 2.45) is 0 Å². The van der Waals surface area contributed by atoms with Gasteiger partial charge in [0.25, 0.3) is 11.7 Å². The minimum Gasteiger partial charge on any atom is -0.507 e. The Morgan fingerprint density at radius 2 is 1.77 bits per heavy atom. The molecule has 1 atom stereocenters. The zero-order chi connectivity index (χ0) is 22.1. The molecule has 1 heterocycles. The molecule has 0 radical (unpaired) electrons. The molecule has 0 spiro atoms. The molecule has 3 aromatic carbocycles. The van der Waals surface area contributed by atoms with Crippen molar-refractivity contribution in [3.8, 4) is 5.75 Å². The van der Waals surface area contributed by atoms with Gasteiger partial charge in [0.05, 0.1) is 23.7 Å². The smallest absolute Gasteiger partial charge is 0.300 e. The van der Waals surface area contributed by atoms with Gasteiger partial charge in [-0.1, -0.05) is 48.0 Å². The van der Waals surface area contributed by atoms with Gasteiger partial charge in [0.2, 0.25) is 0 Å². The summed E-state index contributed by atoms with van der Waals surface area (Å²) < 4.78 is 19.1. The monoisotopic (exact) mass is 437 g/mol. The van der Waals surface area contributed by atoms with E-state index in [1.807, 2.05) is 0 Å². The molecule has 1 aliphatic rings. The van der Waals surface area contributed by atoms with Gasteiger partial charge in [0.1, 0.15) is 17.3 Å². The maximum atomic E-state index is 13.9. The number of aliphatic hydroxyl groups excluding tert-OH is 1. The normalized spacial score (nSPS) is 17.8. The zero-order valence-electron chi connectivity index (χ0n) is 16.4. The number of nitrogens with zero attached hydrogens (tertiary/aromatic N) is 1. The summed E-state index contributed by atoms with van der Waals surface area (Å²) in [4.78, 5) is 27.2. The van der Waals surface area contributed by atoms with Crippen LogP contribution in [0.2, 0.25) is 5.02 Å². The van der Waals surface area contributed by atoms with Crippen molar-refractivity contribution in [1.29, 1.82) is 0 Å². The lowest BCUT2D eigenvalue weighted by Crippen LogP contribution is -2.29. The third kappa shape index (κ3) is 3.66. The van der Waals surface area contributed by atoms with E-state index in [-0.39, 0.29) is 22.6 Å². The van der Waals surface area contributed by atoms with Crippen LogP contribution in [0.3, 0.4) is 0 Å². The highest BCUT2D eigenvalue weighted by Crippen LogP contribution is 2.42. The second kappa shape index (κ2) is 8.24. The van der Waals surface area contributed by atoms with Crippen LogP contribution in [0, 0.1) is 5.82 Å². The fourth-order valence-electron chi connectivity index (χ4n) is 3.64. The molecule has 1 amide bonds. The van der Waals surface area contributed by atoms with Crippen molar-refractivity contribution in [3.63, 3.8) is 0 Å². The molecular formula is C24H17ClFNO4. The molecule has 1 N–H and O–H groups in total. The van der Waals surface area contributed by atoms with E-state index < -0.39 is 23.5 Å². The molecule has 4 rings (SSSR count). The van der Waals surface area contributed by atoms with E-state index in [1.165, 1.54) is 54.5 Å². The molecule has 3 aromatic rings. The van der Waals surface area contributed by atoms with Crippen LogP contribution in [0.15, 0.2) is 78.4 Å². The summed E-state index contributed by atoms with van der Waals surface area (Å²) in [6.07, 6.45) is 0. The van der Waals surface area contributed by atoms with E-state index >= 15 is 0 Å². The third-order valence-corrected chi connectivity index (χ3v) is 5.38. The second-order valence-electron chi connectivity index (χ2n) is 6.91. The van der Waals surface area contributed by atoms with E-state index in [1.54, 1.807) is 30.3 Å². The van der Waals surface area contributed by atoms with Crippen molar-refractivity contribution in [2.75, 3.05) is 12.0 Å². The molecule has 0 bridgehead atoms. The van der Waals surface area contributed by atoms with Crippen LogP contribution in [0.25, 0.3) is 5.76 Å². The van der Waals surface area contributed by atoms with E-state index in [0.29, 0.717) is 16.3 Å². The van der Waals surface area contributed by atoms with Gasteiger partial charge < -0.3 is 9.84 Å². The summed E-state index contributed by atoms with van der Waals surface area (Å²) in [6.45, 7) is 0. The Labute approximate surface area is 182 Å². The fraction of sp³-hybridized carbons (Fsp3) is 0.0833. The predicted molar refractivity (Wildman–Crippen MR) is 116 cm³/mol. The Morgan fingerprint density at radius 3 is 2.45 bits per heavy atom. The summed E-state index contributed by atoms with van der Waals surface area (Å²) in [5, 5.41) is 11.4. The zero-order valence-corrected chi connectivity index (χ0v) is 17.1. The van der Waals surface area contributed by atoms with Crippen LogP contribution in [0.5, 0.6) is 5.75 Å². The number of halogens is 2. The lowest BCUT2D eigenvalue weighted by molar-refractivity contribution is -0.132. The van der Waals surface area contributed by atoms with Gasteiger partial charge in [0.15, 0.2) is 0 Å². The highest BCUT2D eigenvalue weighted by Gasteiger charge is 2.47. The average Bonchev–Trinajstić information content (AvgIpc) is 3.05. The van der Waals surface area contributed by atoms with Crippen LogP contribution in [-0.4, -0.2) is 23.9 Å². The van der Waals surface area contributed by atoms with Crippen molar-refractivity contribution in [3.05, 3.63) is 100 Å². The number of aliphatic hydroxyl groups is 1. The topological polar surface area (TPSA) is 66.8 Å². The second-order valence-corrected chi connectivity index (χ2v) is 7.32. The largest absolute Gasteiger partial charge is 0.507 e. The van der Waals surface area contributed by atoms with Gasteiger partial charge >= 0.3 is 0 Å². The maximum Gasteiger partial charge on any atom is 0.300 e. The molecule has 0 saturated carbocycles. The first-order valence-corrected chi connectivity index (χ1v) is 9.75. The van der Waals surface area contributed by atoms with Gasteiger partial charge in [-0.3, -0.25) is 14.5 Å². The number of anilines is 1. The number of methoxy groups -OCH3 is 1. The third-order valence-electron chi connectivity index (χ3n) is 5.07. The molecule has 1 saturated heterocycles. The predicted octanol–water partition coefficient (Wildman–Crippen LogP) is 5.11. The first-order chi connectivity index (χ1) is 14.9. The standard InChI is InChI=1S/C24H17ClFNO4/c1-31-19-12-15(10-11-18(19)25)22(28)20-21(14-6-3-2-4-7-14)27(24(30)23(20)29)17-9-5-8-16(26)13-17/h2-13,21,28H,1H3/b22-20+. The Balaban J connectivity index is 1.95. The molecule has 1 fully saturated rings. The molecule has 1 aliphatic heterocycles. The number of Topliss-reactive ketones (excluding diaryl/α,β-unsaturated/α-hetero) is 1. The fourth-order valence-corrected chi connectivity index (χ4v) is 3.83. The highest BCUT2D eigenvalue weighted by molar-refractivity contribution is 6.51. The number of rotatable bonds is 4. The highest BCUT2D eigenvalue weighted by atomic mass is 35.5. The number of carbonyl (C=O) groups excluding carboxylic acids is 2. The van der Waals surface area contributed by atoms with E-state index in [2.05, 4.69) is 0 Å². The molecule has 7 heteroatoms. The van der Waals surface area contributed by atoms with Crippen molar-refractivity contribution >= 4 is 34.7 Å². The number of ketones is 1. The molecule has 5 nitrogen and oxygen atoms in total. The minimum atomic E-state index is -0.940.